The average molecular weight is 562 g/mol. The maximum absolute atomic E-state index is 9.17. The Bertz CT molecular complexity index is 2620. The van der Waals surface area contributed by atoms with Crippen LogP contribution in [0.15, 0.2) is 144 Å². The van der Waals surface area contributed by atoms with Gasteiger partial charge in [-0.1, -0.05) is 91.0 Å². The summed E-state index contributed by atoms with van der Waals surface area (Å²) in [4.78, 5) is 5.05. The summed E-state index contributed by atoms with van der Waals surface area (Å²) >= 11 is 0. The first-order valence-electron chi connectivity index (χ1n) is 14.6. The van der Waals surface area contributed by atoms with Gasteiger partial charge in [-0.3, -0.25) is 4.40 Å². The van der Waals surface area contributed by atoms with Crippen molar-refractivity contribution in [1.82, 2.24) is 9.38 Å². The Hall–Kier alpha value is -6.18. The zero-order chi connectivity index (χ0) is 29.2. The first kappa shape index (κ1) is 24.4. The second-order valence-corrected chi connectivity index (χ2v) is 11.1. The summed E-state index contributed by atoms with van der Waals surface area (Å²) in [5.74, 6) is 0. The smallest absolute Gasteiger partial charge is 0.160 e. The summed E-state index contributed by atoms with van der Waals surface area (Å²) in [7, 11) is 0. The van der Waals surface area contributed by atoms with E-state index in [9.17, 15) is 5.26 Å². The van der Waals surface area contributed by atoms with Gasteiger partial charge in [-0.2, -0.15) is 5.26 Å². The predicted molar refractivity (Wildman–Crippen MR) is 179 cm³/mol. The van der Waals surface area contributed by atoms with Crippen LogP contribution in [0.25, 0.3) is 82.9 Å². The van der Waals surface area contributed by atoms with Gasteiger partial charge in [0.15, 0.2) is 5.58 Å². The lowest BCUT2D eigenvalue weighted by molar-refractivity contribution is 0.672. The molecule has 0 aliphatic heterocycles. The highest BCUT2D eigenvalue weighted by Crippen LogP contribution is 2.40. The number of benzene rings is 6. The van der Waals surface area contributed by atoms with E-state index in [1.54, 1.807) is 0 Å². The molecule has 0 aliphatic carbocycles. The largest absolute Gasteiger partial charge is 0.454 e. The minimum atomic E-state index is 0.662. The third-order valence-electron chi connectivity index (χ3n) is 8.60. The third kappa shape index (κ3) is 3.67. The maximum Gasteiger partial charge on any atom is 0.160 e. The number of para-hydroxylation sites is 2. The van der Waals surface area contributed by atoms with Gasteiger partial charge in [-0.15, -0.1) is 0 Å². The molecule has 0 radical (unpaired) electrons. The number of nitrogens with zero attached hydrogens (tertiary/aromatic N) is 3. The number of furan rings is 1. The lowest BCUT2D eigenvalue weighted by Crippen LogP contribution is -1.89. The van der Waals surface area contributed by atoms with Crippen molar-refractivity contribution in [1.29, 1.82) is 5.26 Å². The molecule has 0 atom stereocenters. The van der Waals surface area contributed by atoms with E-state index in [0.717, 1.165) is 82.9 Å². The summed E-state index contributed by atoms with van der Waals surface area (Å²) in [6, 6.07) is 50.3. The van der Waals surface area contributed by atoms with Gasteiger partial charge < -0.3 is 4.42 Å². The summed E-state index contributed by atoms with van der Waals surface area (Å²) in [6.45, 7) is 0. The van der Waals surface area contributed by atoms with Crippen LogP contribution in [0.2, 0.25) is 0 Å². The molecule has 0 bridgehead atoms. The highest BCUT2D eigenvalue weighted by Gasteiger charge is 2.19. The van der Waals surface area contributed by atoms with Crippen molar-refractivity contribution in [2.75, 3.05) is 0 Å². The standard InChI is InChI=1S/C40H23N3O/c41-24-25-15-17-26(18-16-25)27-7-5-8-28(21-27)29-9-6-10-30(22-29)31-19-20-37-34(23-31)38-39(44-37)32-11-1-2-12-33(32)40-42-35-13-3-4-14-36(35)43(38)40/h1-23H. The van der Waals surface area contributed by atoms with Crippen LogP contribution in [0.3, 0.4) is 0 Å². The van der Waals surface area contributed by atoms with E-state index in [1.807, 2.05) is 30.3 Å². The summed E-state index contributed by atoms with van der Waals surface area (Å²) in [6.07, 6.45) is 0. The van der Waals surface area contributed by atoms with Crippen LogP contribution in [0, 0.1) is 11.3 Å². The number of rotatable bonds is 3. The Kier molecular flexibility index (Phi) is 5.23. The van der Waals surface area contributed by atoms with Gasteiger partial charge in [0.05, 0.1) is 22.7 Å². The molecule has 0 saturated carbocycles. The van der Waals surface area contributed by atoms with E-state index in [2.05, 4.69) is 120 Å². The van der Waals surface area contributed by atoms with Crippen molar-refractivity contribution in [3.8, 4) is 39.4 Å². The molecule has 4 nitrogen and oxygen atoms in total. The van der Waals surface area contributed by atoms with E-state index in [1.165, 1.54) is 0 Å². The molecule has 0 amide bonds. The van der Waals surface area contributed by atoms with Crippen LogP contribution in [0.5, 0.6) is 0 Å². The molecule has 0 spiro atoms. The summed E-state index contributed by atoms with van der Waals surface area (Å²) in [5.41, 5.74) is 13.1. The Labute approximate surface area is 252 Å². The molecule has 3 aromatic heterocycles. The number of imidazole rings is 1. The maximum atomic E-state index is 9.17. The monoisotopic (exact) mass is 561 g/mol. The van der Waals surface area contributed by atoms with E-state index >= 15 is 0 Å². The molecule has 44 heavy (non-hydrogen) atoms. The molecule has 0 aliphatic rings. The number of aromatic nitrogens is 2. The molecule has 0 saturated heterocycles. The zero-order valence-corrected chi connectivity index (χ0v) is 23.5. The molecule has 204 valence electrons. The Balaban J connectivity index is 1.22. The summed E-state index contributed by atoms with van der Waals surface area (Å²) < 4.78 is 8.84. The number of nitriles is 1. The predicted octanol–water partition coefficient (Wildman–Crippen LogP) is 10.4. The first-order chi connectivity index (χ1) is 21.7. The second kappa shape index (κ2) is 9.42. The molecule has 0 fully saturated rings. The molecular formula is C40H23N3O. The quantitative estimate of drug-likeness (QED) is 0.216. The number of fused-ring (bicyclic) bond motifs is 10. The van der Waals surface area contributed by atoms with Gasteiger partial charge in [-0.05, 0) is 81.9 Å². The van der Waals surface area contributed by atoms with Gasteiger partial charge >= 0.3 is 0 Å². The molecule has 0 N–H and O–H groups in total. The third-order valence-corrected chi connectivity index (χ3v) is 8.60. The molecular weight excluding hydrogens is 538 g/mol. The van der Waals surface area contributed by atoms with Crippen molar-refractivity contribution in [2.45, 2.75) is 0 Å². The van der Waals surface area contributed by atoms with E-state index in [0.29, 0.717) is 5.56 Å². The van der Waals surface area contributed by atoms with Gasteiger partial charge in [-0.25, -0.2) is 4.98 Å². The van der Waals surface area contributed by atoms with Crippen LogP contribution in [-0.4, -0.2) is 9.38 Å². The lowest BCUT2D eigenvalue weighted by atomic mass is 9.95. The SMILES string of the molecule is N#Cc1ccc(-c2cccc(-c3cccc(-c4ccc5oc6c7ccccc7c7nc8ccccc8n7c6c5c4)c3)c2)cc1. The van der Waals surface area contributed by atoms with Crippen LogP contribution < -0.4 is 0 Å². The molecule has 0 unspecified atom stereocenters. The fourth-order valence-corrected chi connectivity index (χ4v) is 6.47. The Morgan fingerprint density at radius 1 is 0.545 bits per heavy atom. The van der Waals surface area contributed by atoms with E-state index in [4.69, 9.17) is 9.40 Å². The average Bonchev–Trinajstić information content (AvgIpc) is 3.67. The number of hydrogen-bond donors (Lipinski definition) is 0. The van der Waals surface area contributed by atoms with Crippen molar-refractivity contribution < 1.29 is 4.42 Å². The van der Waals surface area contributed by atoms with Crippen molar-refractivity contribution in [2.24, 2.45) is 0 Å². The molecule has 6 aromatic carbocycles. The fraction of sp³-hybridized carbons (Fsp3) is 0. The Morgan fingerprint density at radius 2 is 1.16 bits per heavy atom. The van der Waals surface area contributed by atoms with E-state index < -0.39 is 0 Å². The van der Waals surface area contributed by atoms with E-state index in [-0.39, 0.29) is 0 Å². The normalized spacial score (nSPS) is 11.6. The highest BCUT2D eigenvalue weighted by molar-refractivity contribution is 6.19. The lowest BCUT2D eigenvalue weighted by Gasteiger charge is -2.09. The van der Waals surface area contributed by atoms with Crippen LogP contribution in [0.1, 0.15) is 5.56 Å². The minimum absolute atomic E-state index is 0.662. The summed E-state index contributed by atoms with van der Waals surface area (Å²) in [5, 5.41) is 12.4. The fourth-order valence-electron chi connectivity index (χ4n) is 6.47. The second-order valence-electron chi connectivity index (χ2n) is 11.1. The molecule has 3 heterocycles. The van der Waals surface area contributed by atoms with Gasteiger partial charge in [0.1, 0.15) is 16.7 Å². The van der Waals surface area contributed by atoms with Gasteiger partial charge in [0.25, 0.3) is 0 Å². The van der Waals surface area contributed by atoms with Crippen LogP contribution in [-0.2, 0) is 0 Å². The minimum Gasteiger partial charge on any atom is -0.454 e. The Morgan fingerprint density at radius 3 is 1.89 bits per heavy atom. The topological polar surface area (TPSA) is 54.2 Å². The number of pyridine rings is 1. The van der Waals surface area contributed by atoms with Crippen molar-refractivity contribution >= 4 is 49.5 Å². The van der Waals surface area contributed by atoms with Crippen molar-refractivity contribution in [3.05, 3.63) is 145 Å². The molecule has 4 heteroatoms. The number of hydrogen-bond acceptors (Lipinski definition) is 3. The molecule has 9 rings (SSSR count). The first-order valence-corrected chi connectivity index (χ1v) is 14.6. The zero-order valence-electron chi connectivity index (χ0n) is 23.5. The van der Waals surface area contributed by atoms with Gasteiger partial charge in [0.2, 0.25) is 0 Å². The van der Waals surface area contributed by atoms with Crippen LogP contribution in [0.4, 0.5) is 0 Å². The molecule has 9 aromatic rings. The van der Waals surface area contributed by atoms with Gasteiger partial charge in [0, 0.05) is 16.2 Å². The van der Waals surface area contributed by atoms with Crippen molar-refractivity contribution in [3.63, 3.8) is 0 Å². The van der Waals surface area contributed by atoms with Crippen LogP contribution >= 0.6 is 0 Å². The highest BCUT2D eigenvalue weighted by atomic mass is 16.3.